The Kier molecular flexibility index (Phi) is 5.20. The molecule has 0 aromatic rings. The van der Waals surface area contributed by atoms with Crippen molar-refractivity contribution in [3.63, 3.8) is 0 Å². The van der Waals surface area contributed by atoms with E-state index in [0.29, 0.717) is 0 Å². The van der Waals surface area contributed by atoms with Crippen molar-refractivity contribution in [2.75, 3.05) is 6.54 Å². The van der Waals surface area contributed by atoms with Gasteiger partial charge in [-0.15, -0.1) is 0 Å². The lowest BCUT2D eigenvalue weighted by atomic mass is 10.5. The molecule has 0 aromatic carbocycles. The third kappa shape index (κ3) is 2.96. The van der Waals surface area contributed by atoms with Crippen LogP contribution in [-0.4, -0.2) is 36.1 Å². The van der Waals surface area contributed by atoms with Crippen molar-refractivity contribution in [1.82, 2.24) is 9.91 Å². The van der Waals surface area contributed by atoms with Crippen molar-refractivity contribution in [2.24, 2.45) is 5.10 Å². The first-order chi connectivity index (χ1) is 7.21. The fourth-order valence-electron chi connectivity index (χ4n) is 1.12. The van der Waals surface area contributed by atoms with Gasteiger partial charge in [-0.3, -0.25) is 9.91 Å². The SMILES string of the molecule is CCCN1N=CN(C(Cl)(Cl)C(Cl)(Cl)Cl)C1Br. The molecule has 16 heavy (non-hydrogen) atoms. The van der Waals surface area contributed by atoms with E-state index in [4.69, 9.17) is 58.0 Å². The van der Waals surface area contributed by atoms with E-state index >= 15 is 0 Å². The molecule has 0 N–H and O–H groups in total. The summed E-state index contributed by atoms with van der Waals surface area (Å²) >= 11 is 32.6. The maximum atomic E-state index is 6.03. The van der Waals surface area contributed by atoms with Gasteiger partial charge in [-0.25, -0.2) is 0 Å². The van der Waals surface area contributed by atoms with Crippen molar-refractivity contribution in [2.45, 2.75) is 26.7 Å². The number of alkyl halides is 6. The third-order valence-corrected chi connectivity index (χ3v) is 5.19. The second-order valence-electron chi connectivity index (χ2n) is 3.15. The summed E-state index contributed by atoms with van der Waals surface area (Å²) in [5, 5.41) is 5.52. The Balaban J connectivity index is 2.82. The van der Waals surface area contributed by atoms with Crippen molar-refractivity contribution >= 4 is 80.3 Å². The molecule has 0 bridgehead atoms. The van der Waals surface area contributed by atoms with Crippen LogP contribution in [0.4, 0.5) is 0 Å². The van der Waals surface area contributed by atoms with Gasteiger partial charge in [0.05, 0.1) is 0 Å². The van der Waals surface area contributed by atoms with Gasteiger partial charge >= 0.3 is 0 Å². The second-order valence-corrected chi connectivity index (χ2v) is 7.54. The lowest BCUT2D eigenvalue weighted by molar-refractivity contribution is 0.191. The summed E-state index contributed by atoms with van der Waals surface area (Å²) in [6.45, 7) is 2.77. The first kappa shape index (κ1) is 15.3. The van der Waals surface area contributed by atoms with E-state index in [0.717, 1.165) is 13.0 Å². The van der Waals surface area contributed by atoms with Crippen LogP contribution in [0.15, 0.2) is 5.10 Å². The van der Waals surface area contributed by atoms with Gasteiger partial charge in [-0.1, -0.05) is 64.9 Å². The van der Waals surface area contributed by atoms with E-state index in [2.05, 4.69) is 21.0 Å². The smallest absolute Gasteiger partial charge is 0.241 e. The molecular formula is C7H9BrCl5N3. The third-order valence-electron chi connectivity index (χ3n) is 1.92. The van der Waals surface area contributed by atoms with Gasteiger partial charge in [0.25, 0.3) is 0 Å². The van der Waals surface area contributed by atoms with E-state index in [1.165, 1.54) is 11.2 Å². The summed E-state index contributed by atoms with van der Waals surface area (Å²) in [5.74, 6) is 0. The van der Waals surface area contributed by atoms with Crippen LogP contribution in [0.5, 0.6) is 0 Å². The quantitative estimate of drug-likeness (QED) is 0.531. The zero-order chi connectivity index (χ0) is 12.6. The van der Waals surface area contributed by atoms with Crippen molar-refractivity contribution < 1.29 is 0 Å². The number of hydrazone groups is 1. The Labute approximate surface area is 128 Å². The summed E-state index contributed by atoms with van der Waals surface area (Å²) in [6, 6.07) is 0. The minimum Gasteiger partial charge on any atom is -0.294 e. The summed E-state index contributed by atoms with van der Waals surface area (Å²) in [6.07, 6.45) is 2.37. The lowest BCUT2D eigenvalue weighted by Gasteiger charge is -2.38. The first-order valence-corrected chi connectivity index (χ1v) is 7.20. The fraction of sp³-hybridized carbons (Fsp3) is 0.857. The molecular weight excluding hydrogens is 383 g/mol. The van der Waals surface area contributed by atoms with E-state index in [9.17, 15) is 0 Å². The molecule has 1 heterocycles. The summed E-state index contributed by atoms with van der Waals surface area (Å²) < 4.78 is -3.55. The Morgan fingerprint density at radius 1 is 1.31 bits per heavy atom. The normalized spacial score (nSPS) is 22.1. The molecule has 0 fully saturated rings. The summed E-state index contributed by atoms with van der Waals surface area (Å²) in [7, 11) is 0. The average Bonchev–Trinajstić information content (AvgIpc) is 2.47. The standard InChI is InChI=1S/C7H9BrCl5N3/c1-2-3-16-5(8)15(4-14-16)7(12,13)6(9,10)11/h4-5H,2-3H2,1H3. The molecule has 0 aromatic heterocycles. The van der Waals surface area contributed by atoms with Gasteiger partial charge in [-0.2, -0.15) is 5.10 Å². The van der Waals surface area contributed by atoms with E-state index in [-0.39, 0.29) is 5.08 Å². The molecule has 3 nitrogen and oxygen atoms in total. The molecule has 1 unspecified atom stereocenters. The number of hydrogen-bond acceptors (Lipinski definition) is 3. The van der Waals surface area contributed by atoms with Crippen LogP contribution in [0.25, 0.3) is 0 Å². The van der Waals surface area contributed by atoms with Gasteiger partial charge in [-0.05, 0) is 22.4 Å². The van der Waals surface area contributed by atoms with Crippen LogP contribution in [0.3, 0.4) is 0 Å². The molecule has 9 heteroatoms. The topological polar surface area (TPSA) is 18.8 Å². The number of halogens is 6. The van der Waals surface area contributed by atoms with Gasteiger partial charge < -0.3 is 0 Å². The monoisotopic (exact) mass is 389 g/mol. The van der Waals surface area contributed by atoms with Crippen LogP contribution >= 0.6 is 73.9 Å². The first-order valence-electron chi connectivity index (χ1n) is 4.39. The highest BCUT2D eigenvalue weighted by molar-refractivity contribution is 9.09. The molecule has 0 aliphatic carbocycles. The van der Waals surface area contributed by atoms with Crippen LogP contribution in [-0.2, 0) is 0 Å². The number of rotatable bonds is 3. The molecule has 1 atom stereocenters. The largest absolute Gasteiger partial charge is 0.294 e. The molecule has 0 saturated carbocycles. The lowest BCUT2D eigenvalue weighted by Crippen LogP contribution is -2.52. The zero-order valence-corrected chi connectivity index (χ0v) is 13.5. The van der Waals surface area contributed by atoms with E-state index in [1.807, 2.05) is 6.92 Å². The van der Waals surface area contributed by atoms with Crippen molar-refractivity contribution in [1.29, 1.82) is 0 Å². The Bertz CT molecular complexity index is 280. The maximum Gasteiger partial charge on any atom is 0.241 e. The molecule has 0 radical (unpaired) electrons. The number of nitrogens with zero attached hydrogens (tertiary/aromatic N) is 3. The van der Waals surface area contributed by atoms with Crippen LogP contribution in [0.2, 0.25) is 0 Å². The molecule has 0 amide bonds. The highest BCUT2D eigenvalue weighted by Gasteiger charge is 2.53. The molecule has 1 aliphatic heterocycles. The fourth-order valence-corrected chi connectivity index (χ4v) is 2.65. The Hall–Kier alpha value is 1.20. The van der Waals surface area contributed by atoms with Crippen LogP contribution < -0.4 is 0 Å². The highest BCUT2D eigenvalue weighted by atomic mass is 79.9. The molecule has 0 saturated heterocycles. The number of hydrogen-bond donors (Lipinski definition) is 0. The second kappa shape index (κ2) is 5.45. The minimum atomic E-state index is -1.85. The van der Waals surface area contributed by atoms with Crippen LogP contribution in [0.1, 0.15) is 13.3 Å². The molecule has 0 spiro atoms. The summed E-state index contributed by atoms with van der Waals surface area (Å²) in [4.78, 5) is 1.43. The predicted octanol–water partition coefficient (Wildman–Crippen LogP) is 4.14. The zero-order valence-electron chi connectivity index (χ0n) is 8.18. The van der Waals surface area contributed by atoms with Crippen molar-refractivity contribution in [3.05, 3.63) is 0 Å². The van der Waals surface area contributed by atoms with Gasteiger partial charge in [0.1, 0.15) is 6.34 Å². The van der Waals surface area contributed by atoms with Crippen LogP contribution in [0, 0.1) is 0 Å². The average molecular weight is 392 g/mol. The van der Waals surface area contributed by atoms with E-state index in [1.54, 1.807) is 5.01 Å². The highest BCUT2D eigenvalue weighted by Crippen LogP contribution is 2.49. The molecule has 1 aliphatic rings. The summed E-state index contributed by atoms with van der Waals surface area (Å²) in [5.41, 5.74) is 0. The van der Waals surface area contributed by atoms with Gasteiger partial charge in [0.15, 0.2) is 5.08 Å². The van der Waals surface area contributed by atoms with Crippen molar-refractivity contribution in [3.8, 4) is 0 Å². The molecule has 1 rings (SSSR count). The van der Waals surface area contributed by atoms with E-state index < -0.39 is 8.25 Å². The van der Waals surface area contributed by atoms with Gasteiger partial charge in [0.2, 0.25) is 8.25 Å². The maximum absolute atomic E-state index is 6.03. The minimum absolute atomic E-state index is 0.335. The molecule has 94 valence electrons. The van der Waals surface area contributed by atoms with Gasteiger partial charge in [0, 0.05) is 6.54 Å². The predicted molar refractivity (Wildman–Crippen MR) is 74.8 cm³/mol. The Morgan fingerprint density at radius 2 is 1.88 bits per heavy atom. The Morgan fingerprint density at radius 3 is 2.31 bits per heavy atom.